The normalized spacial score (nSPS) is 23.1. The van der Waals surface area contributed by atoms with E-state index in [4.69, 9.17) is 16.3 Å². The molecule has 2 aliphatic rings. The molecule has 0 aromatic heterocycles. The molecule has 0 amide bonds. The first-order chi connectivity index (χ1) is 10.4. The fraction of sp³-hybridized carbons (Fsp3) is 0.294. The first-order valence-electron chi connectivity index (χ1n) is 7.07. The number of fused-ring (bicyclic) bond motifs is 1. The minimum Gasteiger partial charge on any atom is -0.363 e. The highest BCUT2D eigenvalue weighted by molar-refractivity contribution is 7.78. The molecule has 1 aliphatic carbocycles. The number of hydrogen-bond donors (Lipinski definition) is 2. The molecule has 2 nitrogen and oxygen atoms in total. The quantitative estimate of drug-likeness (QED) is 0.764. The van der Waals surface area contributed by atoms with Gasteiger partial charge in [-0.25, -0.2) is 4.39 Å². The van der Waals surface area contributed by atoms with Gasteiger partial charge in [-0.05, 0) is 55.3 Å². The van der Waals surface area contributed by atoms with Crippen molar-refractivity contribution >= 4 is 30.0 Å². The maximum Gasteiger partial charge on any atom is 0.132 e. The number of benzene rings is 1. The number of halogens is 2. The lowest BCUT2D eigenvalue weighted by Crippen LogP contribution is -2.36. The van der Waals surface area contributed by atoms with Gasteiger partial charge in [0.15, 0.2) is 0 Å². The highest BCUT2D eigenvalue weighted by Crippen LogP contribution is 2.41. The van der Waals surface area contributed by atoms with Gasteiger partial charge >= 0.3 is 0 Å². The molecule has 1 atom stereocenters. The molecule has 3 rings (SSSR count). The van der Waals surface area contributed by atoms with Gasteiger partial charge in [-0.1, -0.05) is 30.5 Å². The van der Waals surface area contributed by atoms with Crippen LogP contribution in [-0.4, -0.2) is 11.7 Å². The van der Waals surface area contributed by atoms with Crippen LogP contribution in [-0.2, 0) is 4.74 Å². The Morgan fingerprint density at radius 2 is 2.14 bits per heavy atom. The standard InChI is InChI=1S/C17H17ClFNOS/c1-17(2)9-14(12-5-3-10(18)7-15(12)19)13-6-4-11(20-22)8-16(13)21-17/h3-7,9,16,20,22H,8H2,1-2H3. The van der Waals surface area contributed by atoms with Crippen LogP contribution in [0.4, 0.5) is 4.39 Å². The van der Waals surface area contributed by atoms with Gasteiger partial charge in [0.2, 0.25) is 0 Å². The summed E-state index contributed by atoms with van der Waals surface area (Å²) in [6.45, 7) is 3.95. The molecule has 0 bridgehead atoms. The topological polar surface area (TPSA) is 21.3 Å². The Hall–Kier alpha value is -1.23. The van der Waals surface area contributed by atoms with Crippen LogP contribution in [0.1, 0.15) is 25.8 Å². The van der Waals surface area contributed by atoms with Crippen LogP contribution >= 0.6 is 24.4 Å². The highest BCUT2D eigenvalue weighted by atomic mass is 35.5. The molecule has 1 aromatic rings. The van der Waals surface area contributed by atoms with Crippen molar-refractivity contribution in [1.29, 1.82) is 0 Å². The van der Waals surface area contributed by atoms with Gasteiger partial charge in [0.25, 0.3) is 0 Å². The van der Waals surface area contributed by atoms with E-state index in [0.717, 1.165) is 16.8 Å². The van der Waals surface area contributed by atoms with Crippen LogP contribution in [0.3, 0.4) is 0 Å². The molecule has 1 heterocycles. The Balaban J connectivity index is 2.12. The average Bonchev–Trinajstić information content (AvgIpc) is 2.44. The zero-order valence-electron chi connectivity index (χ0n) is 12.4. The lowest BCUT2D eigenvalue weighted by Gasteiger charge is -2.38. The minimum atomic E-state index is -0.470. The lowest BCUT2D eigenvalue weighted by atomic mass is 9.83. The lowest BCUT2D eigenvalue weighted by molar-refractivity contribution is -0.0266. The third kappa shape index (κ3) is 2.96. The first-order valence-corrected chi connectivity index (χ1v) is 7.89. The molecular formula is C17H17ClFNOS. The summed E-state index contributed by atoms with van der Waals surface area (Å²) in [5.41, 5.74) is 2.90. The number of nitrogens with one attached hydrogen (secondary N) is 1. The number of hydrogen-bond acceptors (Lipinski definition) is 3. The van der Waals surface area contributed by atoms with Crippen molar-refractivity contribution in [1.82, 2.24) is 4.72 Å². The van der Waals surface area contributed by atoms with E-state index in [1.165, 1.54) is 6.07 Å². The molecule has 1 unspecified atom stereocenters. The Kier molecular flexibility index (Phi) is 4.10. The van der Waals surface area contributed by atoms with Crippen LogP contribution in [0.2, 0.25) is 5.02 Å². The second-order valence-corrected chi connectivity index (χ2v) is 6.68. The summed E-state index contributed by atoms with van der Waals surface area (Å²) < 4.78 is 23.3. The van der Waals surface area contributed by atoms with Gasteiger partial charge in [0, 0.05) is 22.7 Å². The van der Waals surface area contributed by atoms with Gasteiger partial charge in [0.1, 0.15) is 5.82 Å². The van der Waals surface area contributed by atoms with Crippen LogP contribution in [0.5, 0.6) is 0 Å². The van der Waals surface area contributed by atoms with E-state index in [-0.39, 0.29) is 11.9 Å². The van der Waals surface area contributed by atoms with Gasteiger partial charge in [-0.3, -0.25) is 0 Å². The predicted octanol–water partition coefficient (Wildman–Crippen LogP) is 4.69. The summed E-state index contributed by atoms with van der Waals surface area (Å²) in [5, 5.41) is 0.392. The number of rotatable bonds is 2. The molecule has 1 aliphatic heterocycles. The summed E-state index contributed by atoms with van der Waals surface area (Å²) in [7, 11) is 0. The van der Waals surface area contributed by atoms with Gasteiger partial charge < -0.3 is 9.46 Å². The highest BCUT2D eigenvalue weighted by Gasteiger charge is 2.35. The number of ether oxygens (including phenoxy) is 1. The van der Waals surface area contributed by atoms with Gasteiger partial charge in [-0.2, -0.15) is 0 Å². The molecule has 0 radical (unpaired) electrons. The van der Waals surface area contributed by atoms with Crippen LogP contribution in [0.25, 0.3) is 5.57 Å². The van der Waals surface area contributed by atoms with E-state index in [2.05, 4.69) is 17.5 Å². The summed E-state index contributed by atoms with van der Waals surface area (Å²) >= 11 is 9.95. The van der Waals surface area contributed by atoms with Crippen molar-refractivity contribution in [3.05, 3.63) is 64.1 Å². The fourth-order valence-electron chi connectivity index (χ4n) is 2.90. The maximum atomic E-state index is 14.4. The number of thiol groups is 1. The Bertz CT molecular complexity index is 709. The third-order valence-corrected chi connectivity index (χ3v) is 4.35. The molecular weight excluding hydrogens is 321 g/mol. The van der Waals surface area contributed by atoms with Gasteiger partial charge in [0.05, 0.1) is 11.7 Å². The molecule has 0 saturated heterocycles. The monoisotopic (exact) mass is 337 g/mol. The molecule has 1 N–H and O–H groups in total. The summed E-state index contributed by atoms with van der Waals surface area (Å²) in [6.07, 6.45) is 6.44. The van der Waals surface area contributed by atoms with Crippen molar-refractivity contribution < 1.29 is 9.13 Å². The van der Waals surface area contributed by atoms with Crippen molar-refractivity contribution in [2.24, 2.45) is 0 Å². The zero-order chi connectivity index (χ0) is 15.9. The summed E-state index contributed by atoms with van der Waals surface area (Å²) in [5.74, 6) is -0.321. The second kappa shape index (κ2) is 5.76. The van der Waals surface area contributed by atoms with E-state index >= 15 is 0 Å². The van der Waals surface area contributed by atoms with Crippen molar-refractivity contribution in [2.45, 2.75) is 32.0 Å². The van der Waals surface area contributed by atoms with Crippen molar-refractivity contribution in [3.63, 3.8) is 0 Å². The van der Waals surface area contributed by atoms with E-state index in [1.54, 1.807) is 12.1 Å². The number of allylic oxidation sites excluding steroid dienone is 2. The van der Waals surface area contributed by atoms with Crippen molar-refractivity contribution in [2.75, 3.05) is 0 Å². The minimum absolute atomic E-state index is 0.121. The molecule has 1 aromatic carbocycles. The molecule has 0 fully saturated rings. The third-order valence-electron chi connectivity index (χ3n) is 3.83. The summed E-state index contributed by atoms with van der Waals surface area (Å²) in [6, 6.07) is 4.77. The van der Waals surface area contributed by atoms with E-state index < -0.39 is 5.60 Å². The Morgan fingerprint density at radius 3 is 2.82 bits per heavy atom. The predicted molar refractivity (Wildman–Crippen MR) is 91.2 cm³/mol. The largest absolute Gasteiger partial charge is 0.363 e. The van der Waals surface area contributed by atoms with Crippen LogP contribution in [0, 0.1) is 5.82 Å². The average molecular weight is 338 g/mol. The van der Waals surface area contributed by atoms with E-state index in [1.807, 2.05) is 32.1 Å². The Labute approximate surface area is 140 Å². The van der Waals surface area contributed by atoms with Crippen LogP contribution in [0.15, 0.2) is 47.7 Å². The van der Waals surface area contributed by atoms with Crippen LogP contribution < -0.4 is 4.72 Å². The van der Waals surface area contributed by atoms with Gasteiger partial charge in [-0.15, -0.1) is 0 Å². The zero-order valence-corrected chi connectivity index (χ0v) is 14.0. The molecule has 0 saturated carbocycles. The van der Waals surface area contributed by atoms with Crippen molar-refractivity contribution in [3.8, 4) is 0 Å². The maximum absolute atomic E-state index is 14.4. The summed E-state index contributed by atoms with van der Waals surface area (Å²) in [4.78, 5) is 0. The first kappa shape index (κ1) is 15.7. The molecule has 0 spiro atoms. The van der Waals surface area contributed by atoms with E-state index in [9.17, 15) is 4.39 Å². The second-order valence-electron chi connectivity index (χ2n) is 6.02. The van der Waals surface area contributed by atoms with E-state index in [0.29, 0.717) is 17.0 Å². The molecule has 22 heavy (non-hydrogen) atoms. The molecule has 5 heteroatoms. The smallest absolute Gasteiger partial charge is 0.132 e. The SMILES string of the molecule is CC1(C)C=C(c2ccc(Cl)cc2F)C2=CC=C(NS)CC2O1. The Morgan fingerprint density at radius 1 is 1.36 bits per heavy atom. The molecule has 116 valence electrons. The fourth-order valence-corrected chi connectivity index (χ4v) is 3.22.